The fourth-order valence-corrected chi connectivity index (χ4v) is 1.31. The molecule has 0 radical (unpaired) electrons. The molecule has 2 N–H and O–H groups in total. The number of hydrogen-bond acceptors (Lipinski definition) is 5. The fraction of sp³-hybridized carbons (Fsp3) is 0.222. The number of nitrogens with zero attached hydrogens (tertiary/aromatic N) is 1. The maximum Gasteiger partial charge on any atom is 0.231 e. The highest BCUT2D eigenvalue weighted by molar-refractivity contribution is 5.82. The van der Waals surface area contributed by atoms with Gasteiger partial charge >= 0.3 is 0 Å². The first-order chi connectivity index (χ1) is 6.85. The summed E-state index contributed by atoms with van der Waals surface area (Å²) in [5, 5.41) is 3.43. The van der Waals surface area contributed by atoms with Crippen molar-refractivity contribution in [3.05, 3.63) is 17.7 Å². The van der Waals surface area contributed by atoms with Crippen LogP contribution in [0.5, 0.6) is 17.2 Å². The highest BCUT2D eigenvalue weighted by atomic mass is 16.7. The summed E-state index contributed by atoms with van der Waals surface area (Å²) in [4.78, 5) is 0. The van der Waals surface area contributed by atoms with Crippen molar-refractivity contribution in [2.45, 2.75) is 0 Å². The first kappa shape index (κ1) is 8.68. The Kier molecular flexibility index (Phi) is 2.14. The number of methoxy groups -OCH3 is 1. The molecule has 0 aromatic heterocycles. The molecule has 2 rings (SSSR count). The van der Waals surface area contributed by atoms with Gasteiger partial charge in [0.2, 0.25) is 12.5 Å². The van der Waals surface area contributed by atoms with Crippen molar-refractivity contribution in [2.24, 2.45) is 10.9 Å². The van der Waals surface area contributed by atoms with Crippen molar-refractivity contribution < 1.29 is 14.2 Å². The van der Waals surface area contributed by atoms with Crippen LogP contribution in [-0.2, 0) is 0 Å². The Morgan fingerprint density at radius 2 is 2.36 bits per heavy atom. The number of hydrogen-bond donors (Lipinski definition) is 1. The molecule has 1 aliphatic heterocycles. The molecule has 14 heavy (non-hydrogen) atoms. The molecule has 0 amide bonds. The summed E-state index contributed by atoms with van der Waals surface area (Å²) < 4.78 is 15.6. The molecule has 5 nitrogen and oxygen atoms in total. The molecule has 1 aromatic carbocycles. The lowest BCUT2D eigenvalue weighted by atomic mass is 10.2. The molecule has 1 aromatic rings. The normalized spacial score (nSPS) is 13.5. The van der Waals surface area contributed by atoms with Crippen LogP contribution in [-0.4, -0.2) is 20.1 Å². The Bertz CT molecular complexity index is 377. The maximum absolute atomic E-state index is 5.23. The highest BCUT2D eigenvalue weighted by Crippen LogP contribution is 2.41. The molecule has 0 atom stereocenters. The molecule has 0 spiro atoms. The molecule has 0 unspecified atom stereocenters. The quantitative estimate of drug-likeness (QED) is 0.428. The van der Waals surface area contributed by atoms with Crippen LogP contribution in [0.25, 0.3) is 0 Å². The van der Waals surface area contributed by atoms with Gasteiger partial charge in [-0.3, -0.25) is 0 Å². The minimum atomic E-state index is 0.217. The van der Waals surface area contributed by atoms with E-state index in [-0.39, 0.29) is 6.79 Å². The van der Waals surface area contributed by atoms with Crippen molar-refractivity contribution in [2.75, 3.05) is 13.9 Å². The van der Waals surface area contributed by atoms with Crippen LogP contribution in [0.3, 0.4) is 0 Å². The third-order valence-corrected chi connectivity index (χ3v) is 1.90. The Labute approximate surface area is 81.1 Å². The van der Waals surface area contributed by atoms with E-state index in [1.807, 2.05) is 0 Å². The van der Waals surface area contributed by atoms with Crippen molar-refractivity contribution in [3.63, 3.8) is 0 Å². The van der Waals surface area contributed by atoms with Gasteiger partial charge in [-0.25, -0.2) is 0 Å². The smallest absolute Gasteiger partial charge is 0.231 e. The van der Waals surface area contributed by atoms with Crippen molar-refractivity contribution >= 4 is 6.21 Å². The molecule has 74 valence electrons. The van der Waals surface area contributed by atoms with E-state index in [0.717, 1.165) is 5.56 Å². The topological polar surface area (TPSA) is 66.1 Å². The van der Waals surface area contributed by atoms with Crippen molar-refractivity contribution in [3.8, 4) is 17.2 Å². The van der Waals surface area contributed by atoms with Crippen LogP contribution in [0, 0.1) is 0 Å². The van der Waals surface area contributed by atoms with Gasteiger partial charge in [0.1, 0.15) is 0 Å². The van der Waals surface area contributed by atoms with Gasteiger partial charge in [0.25, 0.3) is 0 Å². The van der Waals surface area contributed by atoms with E-state index < -0.39 is 0 Å². The lowest BCUT2D eigenvalue weighted by Crippen LogP contribution is -1.93. The van der Waals surface area contributed by atoms with E-state index in [2.05, 4.69) is 5.10 Å². The van der Waals surface area contributed by atoms with Crippen LogP contribution in [0.15, 0.2) is 17.2 Å². The number of hydrazone groups is 1. The Morgan fingerprint density at radius 3 is 3.07 bits per heavy atom. The molecule has 1 aliphatic rings. The molecule has 0 bridgehead atoms. The van der Waals surface area contributed by atoms with E-state index in [0.29, 0.717) is 17.2 Å². The standard InChI is InChI=1S/C9H10N2O3/c1-12-7-2-6(4-11-10)3-8-9(7)14-5-13-8/h2-4H,5,10H2,1H3/b11-4+. The lowest BCUT2D eigenvalue weighted by Gasteiger charge is -2.04. The second kappa shape index (κ2) is 3.45. The summed E-state index contributed by atoms with van der Waals surface area (Å²) in [6.07, 6.45) is 1.52. The third-order valence-electron chi connectivity index (χ3n) is 1.90. The molecule has 0 fully saturated rings. The van der Waals surface area contributed by atoms with Gasteiger partial charge in [0.15, 0.2) is 11.5 Å². The maximum atomic E-state index is 5.23. The molecular formula is C9H10N2O3. The number of ether oxygens (including phenoxy) is 3. The Hall–Kier alpha value is -1.91. The number of rotatable bonds is 2. The van der Waals surface area contributed by atoms with E-state index >= 15 is 0 Å². The minimum Gasteiger partial charge on any atom is -0.493 e. The fourth-order valence-electron chi connectivity index (χ4n) is 1.31. The summed E-state index contributed by atoms with van der Waals surface area (Å²) in [6, 6.07) is 3.57. The van der Waals surface area contributed by atoms with Crippen LogP contribution in [0.4, 0.5) is 0 Å². The Balaban J connectivity index is 2.49. The van der Waals surface area contributed by atoms with E-state index in [1.54, 1.807) is 19.2 Å². The molecule has 0 aliphatic carbocycles. The largest absolute Gasteiger partial charge is 0.493 e. The average Bonchev–Trinajstić information content (AvgIpc) is 2.65. The second-order valence-corrected chi connectivity index (χ2v) is 2.74. The monoisotopic (exact) mass is 194 g/mol. The molecule has 5 heteroatoms. The van der Waals surface area contributed by atoms with E-state index in [9.17, 15) is 0 Å². The Morgan fingerprint density at radius 1 is 1.50 bits per heavy atom. The molecule has 0 saturated heterocycles. The first-order valence-corrected chi connectivity index (χ1v) is 4.06. The van der Waals surface area contributed by atoms with Crippen LogP contribution in [0.1, 0.15) is 5.56 Å². The van der Waals surface area contributed by atoms with Crippen molar-refractivity contribution in [1.29, 1.82) is 0 Å². The first-order valence-electron chi connectivity index (χ1n) is 4.06. The van der Waals surface area contributed by atoms with Crippen LogP contribution in [0.2, 0.25) is 0 Å². The second-order valence-electron chi connectivity index (χ2n) is 2.74. The zero-order valence-electron chi connectivity index (χ0n) is 7.69. The van der Waals surface area contributed by atoms with Gasteiger partial charge in [-0.05, 0) is 12.1 Å². The summed E-state index contributed by atoms with van der Waals surface area (Å²) >= 11 is 0. The summed E-state index contributed by atoms with van der Waals surface area (Å²) in [6.45, 7) is 0.217. The van der Waals surface area contributed by atoms with Gasteiger partial charge < -0.3 is 20.1 Å². The van der Waals surface area contributed by atoms with Gasteiger partial charge in [0.05, 0.1) is 13.3 Å². The number of nitrogens with two attached hydrogens (primary N) is 1. The molecule has 1 heterocycles. The summed E-state index contributed by atoms with van der Waals surface area (Å²) in [5.74, 6) is 6.95. The SMILES string of the molecule is COc1cc(/C=N/N)cc2c1OCO2. The van der Waals surface area contributed by atoms with E-state index in [4.69, 9.17) is 20.1 Å². The van der Waals surface area contributed by atoms with Crippen LogP contribution >= 0.6 is 0 Å². The van der Waals surface area contributed by atoms with Gasteiger partial charge in [0, 0.05) is 5.56 Å². The molecular weight excluding hydrogens is 184 g/mol. The molecule has 0 saturated carbocycles. The van der Waals surface area contributed by atoms with E-state index in [1.165, 1.54) is 6.21 Å². The van der Waals surface area contributed by atoms with Gasteiger partial charge in [-0.15, -0.1) is 0 Å². The van der Waals surface area contributed by atoms with Gasteiger partial charge in [-0.1, -0.05) is 0 Å². The third kappa shape index (κ3) is 1.32. The zero-order valence-corrected chi connectivity index (χ0v) is 7.69. The van der Waals surface area contributed by atoms with Crippen molar-refractivity contribution in [1.82, 2.24) is 0 Å². The summed E-state index contributed by atoms with van der Waals surface area (Å²) in [5.41, 5.74) is 0.814. The van der Waals surface area contributed by atoms with Gasteiger partial charge in [-0.2, -0.15) is 5.10 Å². The lowest BCUT2D eigenvalue weighted by molar-refractivity contribution is 0.171. The summed E-state index contributed by atoms with van der Waals surface area (Å²) in [7, 11) is 1.57. The average molecular weight is 194 g/mol. The van der Waals surface area contributed by atoms with Crippen LogP contribution < -0.4 is 20.1 Å². The highest BCUT2D eigenvalue weighted by Gasteiger charge is 2.19. The zero-order chi connectivity index (χ0) is 9.97. The minimum absolute atomic E-state index is 0.217. The predicted molar refractivity (Wildman–Crippen MR) is 50.9 cm³/mol. The number of fused-ring (bicyclic) bond motifs is 1. The predicted octanol–water partition coefficient (Wildman–Crippen LogP) is 0.717. The number of benzene rings is 1.